The summed E-state index contributed by atoms with van der Waals surface area (Å²) in [5.74, 6) is 0. The Kier molecular flexibility index (Phi) is 8.47. The van der Waals surface area contributed by atoms with E-state index in [2.05, 4.69) is 247 Å². The van der Waals surface area contributed by atoms with Crippen LogP contribution in [0.2, 0.25) is 0 Å². The summed E-state index contributed by atoms with van der Waals surface area (Å²) in [5, 5.41) is 4.74. The van der Waals surface area contributed by atoms with Gasteiger partial charge in [-0.25, -0.2) is 0 Å². The lowest BCUT2D eigenvalue weighted by molar-refractivity contribution is 0.651. The SMILES string of the molecule is Cc1ccccc1-c1cc2c(c3c1oc1ccccc13)-c1ccc(N(c3ccc4c(c3)C(C)(C)c3cc5c(cc3-4)C(C)(C)c3ccc4oc6ccccc6c4c3-5)c3ccccc3-c3ccccc3)cc1C2(C)C. The minimum absolute atomic E-state index is 0.184. The van der Waals surface area contributed by atoms with Gasteiger partial charge in [-0.15, -0.1) is 0 Å². The Hall–Kier alpha value is -8.40. The summed E-state index contributed by atoms with van der Waals surface area (Å²) in [7, 11) is 0. The monoisotopic (exact) mass is 939 g/mol. The molecule has 0 atom stereocenters. The first-order valence-electron chi connectivity index (χ1n) is 25.8. The number of rotatable bonds is 5. The Balaban J connectivity index is 0.925. The molecule has 0 saturated carbocycles. The van der Waals surface area contributed by atoms with Crippen molar-refractivity contribution in [1.29, 1.82) is 0 Å². The lowest BCUT2D eigenvalue weighted by atomic mass is 9.79. The van der Waals surface area contributed by atoms with Crippen LogP contribution in [0.3, 0.4) is 0 Å². The highest BCUT2D eigenvalue weighted by molar-refractivity contribution is 6.19. The number of furan rings is 2. The first kappa shape index (κ1) is 42.3. The van der Waals surface area contributed by atoms with E-state index in [1.165, 1.54) is 105 Å². The van der Waals surface area contributed by atoms with E-state index < -0.39 is 0 Å². The highest BCUT2D eigenvalue weighted by Crippen LogP contribution is 2.60. The molecule has 2 heterocycles. The molecule has 3 nitrogen and oxygen atoms in total. The lowest BCUT2D eigenvalue weighted by Crippen LogP contribution is -2.18. The van der Waals surface area contributed by atoms with E-state index in [9.17, 15) is 0 Å². The van der Waals surface area contributed by atoms with Crippen LogP contribution in [0.25, 0.3) is 99.5 Å². The molecule has 0 bridgehead atoms. The fraction of sp³-hybridized carbons (Fsp3) is 0.143. The predicted molar refractivity (Wildman–Crippen MR) is 304 cm³/mol. The highest BCUT2D eigenvalue weighted by atomic mass is 16.3. The van der Waals surface area contributed by atoms with Crippen LogP contribution in [-0.4, -0.2) is 0 Å². The smallest absolute Gasteiger partial charge is 0.143 e. The number of fused-ring (bicyclic) bond motifs is 17. The molecule has 73 heavy (non-hydrogen) atoms. The van der Waals surface area contributed by atoms with Crippen molar-refractivity contribution in [3.8, 4) is 55.6 Å². The van der Waals surface area contributed by atoms with Crippen LogP contribution in [0.15, 0.2) is 203 Å². The maximum absolute atomic E-state index is 6.88. The summed E-state index contributed by atoms with van der Waals surface area (Å²) in [6.07, 6.45) is 0. The van der Waals surface area contributed by atoms with Crippen LogP contribution in [0, 0.1) is 6.92 Å². The van der Waals surface area contributed by atoms with Gasteiger partial charge in [-0.05, 0) is 157 Å². The van der Waals surface area contributed by atoms with Crippen molar-refractivity contribution in [3.05, 3.63) is 233 Å². The standard InChI is InChI=1S/C70H53NO2/c1-40-19-11-12-22-44(40)51-38-58-63(66-49-25-15-18-28-61(49)73-67(51)66)47-32-30-43(36-55(47)70(58,6)7)71(59-26-16-13-23-45(59)41-20-9-8-10-21-41)42-29-31-46-50-37-57-52(39-56(50)69(4,5)54(46)35-42)64-53(68(57,2)3)33-34-62-65(64)48-24-14-17-27-60(48)72-62/h8-39H,1-7H3. The average Bonchev–Trinajstić information content (AvgIpc) is 4.18. The van der Waals surface area contributed by atoms with Gasteiger partial charge in [0.05, 0.1) is 5.69 Å². The molecule has 15 rings (SSSR count). The second-order valence-electron chi connectivity index (χ2n) is 22.4. The van der Waals surface area contributed by atoms with E-state index in [1.807, 2.05) is 0 Å². The van der Waals surface area contributed by atoms with Crippen LogP contribution >= 0.6 is 0 Å². The Bertz CT molecular complexity index is 4370. The summed E-state index contributed by atoms with van der Waals surface area (Å²) < 4.78 is 13.4. The minimum Gasteiger partial charge on any atom is -0.456 e. The molecule has 0 fully saturated rings. The Morgan fingerprint density at radius 1 is 0.342 bits per heavy atom. The fourth-order valence-electron chi connectivity index (χ4n) is 13.7. The van der Waals surface area contributed by atoms with Gasteiger partial charge in [-0.1, -0.05) is 169 Å². The van der Waals surface area contributed by atoms with Gasteiger partial charge in [0.1, 0.15) is 22.3 Å². The van der Waals surface area contributed by atoms with Crippen LogP contribution in [0.5, 0.6) is 0 Å². The number of nitrogens with zero attached hydrogens (tertiary/aromatic N) is 1. The van der Waals surface area contributed by atoms with Gasteiger partial charge in [-0.3, -0.25) is 0 Å². The molecule has 0 N–H and O–H groups in total. The summed E-state index contributed by atoms with van der Waals surface area (Å²) in [6, 6.07) is 72.0. The molecular weight excluding hydrogens is 887 g/mol. The minimum atomic E-state index is -0.321. The van der Waals surface area contributed by atoms with Crippen molar-refractivity contribution < 1.29 is 8.83 Å². The number of aryl methyl sites for hydroxylation is 1. The van der Waals surface area contributed by atoms with Crippen molar-refractivity contribution in [2.75, 3.05) is 4.90 Å². The van der Waals surface area contributed by atoms with Gasteiger partial charge in [0, 0.05) is 60.3 Å². The van der Waals surface area contributed by atoms with Gasteiger partial charge in [0.2, 0.25) is 0 Å². The fourth-order valence-corrected chi connectivity index (χ4v) is 13.7. The number of benzene rings is 10. The zero-order valence-corrected chi connectivity index (χ0v) is 42.2. The van der Waals surface area contributed by atoms with E-state index in [-0.39, 0.29) is 16.2 Å². The molecule has 0 aliphatic heterocycles. The Labute approximate surface area is 426 Å². The maximum atomic E-state index is 6.88. The van der Waals surface area contributed by atoms with Crippen molar-refractivity contribution in [2.24, 2.45) is 0 Å². The molecule has 0 saturated heterocycles. The number of hydrogen-bond acceptors (Lipinski definition) is 3. The molecule has 10 aromatic carbocycles. The largest absolute Gasteiger partial charge is 0.456 e. The maximum Gasteiger partial charge on any atom is 0.143 e. The summed E-state index contributed by atoms with van der Waals surface area (Å²) in [4.78, 5) is 2.52. The van der Waals surface area contributed by atoms with E-state index in [1.54, 1.807) is 0 Å². The second-order valence-corrected chi connectivity index (χ2v) is 22.4. The molecule has 3 aliphatic rings. The van der Waals surface area contributed by atoms with E-state index >= 15 is 0 Å². The molecule has 2 aromatic heterocycles. The Morgan fingerprint density at radius 3 is 1.63 bits per heavy atom. The molecule has 0 radical (unpaired) electrons. The zero-order chi connectivity index (χ0) is 49.3. The van der Waals surface area contributed by atoms with E-state index in [0.717, 1.165) is 50.3 Å². The van der Waals surface area contributed by atoms with E-state index in [4.69, 9.17) is 8.83 Å². The summed E-state index contributed by atoms with van der Waals surface area (Å²) >= 11 is 0. The number of anilines is 3. The molecule has 3 heteroatoms. The number of hydrogen-bond donors (Lipinski definition) is 0. The van der Waals surface area contributed by atoms with Gasteiger partial charge < -0.3 is 13.7 Å². The Morgan fingerprint density at radius 2 is 0.877 bits per heavy atom. The van der Waals surface area contributed by atoms with Gasteiger partial charge in [-0.2, -0.15) is 0 Å². The van der Waals surface area contributed by atoms with Crippen LogP contribution in [0.1, 0.15) is 80.5 Å². The van der Waals surface area contributed by atoms with E-state index in [0.29, 0.717) is 0 Å². The third-order valence-corrected chi connectivity index (χ3v) is 17.4. The molecule has 0 amide bonds. The van der Waals surface area contributed by atoms with Crippen molar-refractivity contribution in [1.82, 2.24) is 0 Å². The van der Waals surface area contributed by atoms with Gasteiger partial charge in [0.25, 0.3) is 0 Å². The van der Waals surface area contributed by atoms with Crippen LogP contribution in [-0.2, 0) is 16.2 Å². The summed E-state index contributed by atoms with van der Waals surface area (Å²) in [5.41, 5.74) is 28.2. The number of para-hydroxylation sites is 3. The molecule has 12 aromatic rings. The average molecular weight is 940 g/mol. The third-order valence-electron chi connectivity index (χ3n) is 17.4. The van der Waals surface area contributed by atoms with Crippen molar-refractivity contribution >= 4 is 60.9 Å². The second kappa shape index (κ2) is 14.6. The topological polar surface area (TPSA) is 29.5 Å². The quantitative estimate of drug-likeness (QED) is 0.172. The molecule has 0 unspecified atom stereocenters. The van der Waals surface area contributed by atoms with Gasteiger partial charge >= 0.3 is 0 Å². The summed E-state index contributed by atoms with van der Waals surface area (Å²) in [6.45, 7) is 16.7. The van der Waals surface area contributed by atoms with Crippen molar-refractivity contribution in [2.45, 2.75) is 64.7 Å². The van der Waals surface area contributed by atoms with Gasteiger partial charge in [0.15, 0.2) is 0 Å². The first-order valence-corrected chi connectivity index (χ1v) is 25.8. The normalized spacial score (nSPS) is 15.1. The predicted octanol–water partition coefficient (Wildman–Crippen LogP) is 19.5. The molecule has 0 spiro atoms. The highest BCUT2D eigenvalue weighted by Gasteiger charge is 2.44. The van der Waals surface area contributed by atoms with Crippen molar-refractivity contribution in [3.63, 3.8) is 0 Å². The molecular formula is C70H53NO2. The third kappa shape index (κ3) is 5.65. The van der Waals surface area contributed by atoms with Crippen LogP contribution in [0.4, 0.5) is 17.1 Å². The first-order chi connectivity index (χ1) is 35.4. The molecule has 350 valence electrons. The zero-order valence-electron chi connectivity index (χ0n) is 42.2. The van der Waals surface area contributed by atoms with Crippen LogP contribution < -0.4 is 4.90 Å². The molecule has 3 aliphatic carbocycles. The lowest BCUT2D eigenvalue weighted by Gasteiger charge is -2.31.